The molecule has 1 aliphatic rings. The number of benzene rings is 2. The standard InChI is InChI=1S/C22H24N2O2/c1-15-18-9-8-17(26-14-16-6-4-3-5-7-16)12-19(18)24-20(15)13-23-21(25)22(2)10-11-22/h3-9,12,24H,10-11,13-14H2,1-2H3,(H,23,25). The Morgan fingerprint density at radius 1 is 1.19 bits per heavy atom. The lowest BCUT2D eigenvalue weighted by molar-refractivity contribution is -0.125. The molecular weight excluding hydrogens is 324 g/mol. The van der Waals surface area contributed by atoms with E-state index in [-0.39, 0.29) is 11.3 Å². The topological polar surface area (TPSA) is 54.1 Å². The average molecular weight is 348 g/mol. The van der Waals surface area contributed by atoms with E-state index in [1.54, 1.807) is 0 Å². The Hall–Kier alpha value is -2.75. The van der Waals surface area contributed by atoms with Gasteiger partial charge in [0.25, 0.3) is 0 Å². The Balaban J connectivity index is 1.46. The second-order valence-corrected chi connectivity index (χ2v) is 7.45. The van der Waals surface area contributed by atoms with E-state index in [0.717, 1.165) is 35.4 Å². The minimum absolute atomic E-state index is 0.141. The van der Waals surface area contributed by atoms with E-state index in [1.165, 1.54) is 10.9 Å². The van der Waals surface area contributed by atoms with E-state index in [1.807, 2.05) is 37.3 Å². The van der Waals surface area contributed by atoms with E-state index in [4.69, 9.17) is 4.74 Å². The first-order valence-corrected chi connectivity index (χ1v) is 9.11. The quantitative estimate of drug-likeness (QED) is 0.690. The van der Waals surface area contributed by atoms with Gasteiger partial charge in [0.15, 0.2) is 0 Å². The van der Waals surface area contributed by atoms with Gasteiger partial charge in [0.05, 0.1) is 6.54 Å². The molecular formula is C22H24N2O2. The second kappa shape index (κ2) is 6.52. The maximum Gasteiger partial charge on any atom is 0.226 e. The normalized spacial score (nSPS) is 15.0. The molecule has 0 bridgehead atoms. The highest BCUT2D eigenvalue weighted by Crippen LogP contribution is 2.45. The molecule has 1 aromatic heterocycles. The number of ether oxygens (including phenoxy) is 1. The Labute approximate surface area is 153 Å². The lowest BCUT2D eigenvalue weighted by atomic mass is 10.1. The summed E-state index contributed by atoms with van der Waals surface area (Å²) in [5, 5.41) is 4.23. The number of aromatic amines is 1. The van der Waals surface area contributed by atoms with Crippen LogP contribution in [0, 0.1) is 12.3 Å². The van der Waals surface area contributed by atoms with Crippen LogP contribution in [0.15, 0.2) is 48.5 Å². The van der Waals surface area contributed by atoms with Crippen LogP contribution in [0.25, 0.3) is 10.9 Å². The molecule has 26 heavy (non-hydrogen) atoms. The number of nitrogens with one attached hydrogen (secondary N) is 2. The zero-order valence-corrected chi connectivity index (χ0v) is 15.3. The van der Waals surface area contributed by atoms with Gasteiger partial charge in [-0.1, -0.05) is 37.3 Å². The number of carbonyl (C=O) groups is 1. The van der Waals surface area contributed by atoms with Crippen LogP contribution in [0.1, 0.15) is 36.6 Å². The Morgan fingerprint density at radius 2 is 1.96 bits per heavy atom. The van der Waals surface area contributed by atoms with Crippen molar-refractivity contribution in [3.8, 4) is 5.75 Å². The first-order valence-electron chi connectivity index (χ1n) is 9.11. The van der Waals surface area contributed by atoms with Crippen molar-refractivity contribution in [2.45, 2.75) is 39.8 Å². The summed E-state index contributed by atoms with van der Waals surface area (Å²) < 4.78 is 5.91. The maximum absolute atomic E-state index is 12.2. The molecule has 0 atom stereocenters. The van der Waals surface area contributed by atoms with E-state index in [9.17, 15) is 4.79 Å². The number of aryl methyl sites for hydroxylation is 1. The highest BCUT2D eigenvalue weighted by atomic mass is 16.5. The van der Waals surface area contributed by atoms with Crippen LogP contribution in [0.5, 0.6) is 5.75 Å². The predicted molar refractivity (Wildman–Crippen MR) is 103 cm³/mol. The average Bonchev–Trinajstić information content (AvgIpc) is 3.34. The highest BCUT2D eigenvalue weighted by molar-refractivity contribution is 5.87. The van der Waals surface area contributed by atoms with Crippen molar-refractivity contribution in [3.05, 3.63) is 65.4 Å². The van der Waals surface area contributed by atoms with E-state index >= 15 is 0 Å². The molecule has 0 saturated heterocycles. The molecule has 2 N–H and O–H groups in total. The zero-order valence-electron chi connectivity index (χ0n) is 15.3. The van der Waals surface area contributed by atoms with Gasteiger partial charge in [-0.25, -0.2) is 0 Å². The van der Waals surface area contributed by atoms with Crippen molar-refractivity contribution < 1.29 is 9.53 Å². The number of carbonyl (C=O) groups excluding carboxylic acids is 1. The lowest BCUT2D eigenvalue weighted by Gasteiger charge is -2.09. The van der Waals surface area contributed by atoms with Gasteiger partial charge in [-0.2, -0.15) is 0 Å². The van der Waals surface area contributed by atoms with Crippen molar-refractivity contribution in [3.63, 3.8) is 0 Å². The minimum Gasteiger partial charge on any atom is -0.489 e. The number of hydrogen-bond acceptors (Lipinski definition) is 2. The van der Waals surface area contributed by atoms with Crippen molar-refractivity contribution >= 4 is 16.8 Å². The van der Waals surface area contributed by atoms with E-state index in [2.05, 4.69) is 35.4 Å². The summed E-state index contributed by atoms with van der Waals surface area (Å²) in [7, 11) is 0. The van der Waals surface area contributed by atoms with Crippen molar-refractivity contribution in [2.24, 2.45) is 5.41 Å². The number of H-pyrrole nitrogens is 1. The summed E-state index contributed by atoms with van der Waals surface area (Å²) in [5.41, 5.74) is 4.27. The first-order chi connectivity index (χ1) is 12.5. The largest absolute Gasteiger partial charge is 0.489 e. The molecule has 1 amide bonds. The molecule has 134 valence electrons. The smallest absolute Gasteiger partial charge is 0.226 e. The summed E-state index contributed by atoms with van der Waals surface area (Å²) in [6.45, 7) is 5.20. The van der Waals surface area contributed by atoms with Crippen molar-refractivity contribution in [2.75, 3.05) is 0 Å². The SMILES string of the molecule is Cc1c(CNC(=O)C2(C)CC2)[nH]c2cc(OCc3ccccc3)ccc12. The second-order valence-electron chi connectivity index (χ2n) is 7.45. The Morgan fingerprint density at radius 3 is 2.69 bits per heavy atom. The molecule has 4 heteroatoms. The molecule has 1 saturated carbocycles. The van der Waals surface area contributed by atoms with Gasteiger partial charge in [-0.15, -0.1) is 0 Å². The van der Waals surface area contributed by atoms with E-state index < -0.39 is 0 Å². The van der Waals surface area contributed by atoms with Crippen LogP contribution in [0.4, 0.5) is 0 Å². The molecule has 1 fully saturated rings. The number of fused-ring (bicyclic) bond motifs is 1. The summed E-state index contributed by atoms with van der Waals surface area (Å²) in [5.74, 6) is 0.992. The number of amides is 1. The first kappa shape index (κ1) is 16.7. The molecule has 0 spiro atoms. The van der Waals surface area contributed by atoms with Gasteiger partial charge in [0, 0.05) is 28.1 Å². The fraction of sp³-hybridized carbons (Fsp3) is 0.318. The predicted octanol–water partition coefficient (Wildman–Crippen LogP) is 4.47. The van der Waals surface area contributed by atoms with Crippen LogP contribution < -0.4 is 10.1 Å². The number of hydrogen-bond donors (Lipinski definition) is 2. The Kier molecular flexibility index (Phi) is 4.19. The molecule has 3 aromatic rings. The molecule has 0 unspecified atom stereocenters. The monoisotopic (exact) mass is 348 g/mol. The molecule has 1 aliphatic carbocycles. The lowest BCUT2D eigenvalue weighted by Crippen LogP contribution is -2.30. The van der Waals surface area contributed by atoms with Gasteiger partial charge < -0.3 is 15.0 Å². The zero-order chi connectivity index (χ0) is 18.1. The van der Waals surface area contributed by atoms with Gasteiger partial charge >= 0.3 is 0 Å². The third kappa shape index (κ3) is 3.32. The highest BCUT2D eigenvalue weighted by Gasteiger charge is 2.44. The maximum atomic E-state index is 12.2. The third-order valence-corrected chi connectivity index (χ3v) is 5.36. The third-order valence-electron chi connectivity index (χ3n) is 5.36. The molecule has 1 heterocycles. The van der Waals surface area contributed by atoms with Gasteiger partial charge in [-0.3, -0.25) is 4.79 Å². The summed E-state index contributed by atoms with van der Waals surface area (Å²) in [4.78, 5) is 15.6. The molecule has 4 rings (SSSR count). The van der Waals surface area contributed by atoms with Crippen molar-refractivity contribution in [1.82, 2.24) is 10.3 Å². The molecule has 4 nitrogen and oxygen atoms in total. The van der Waals surface area contributed by atoms with Crippen LogP contribution in [0.2, 0.25) is 0 Å². The molecule has 2 aromatic carbocycles. The summed E-state index contributed by atoms with van der Waals surface area (Å²) in [6, 6.07) is 16.2. The van der Waals surface area contributed by atoms with Crippen LogP contribution in [0.3, 0.4) is 0 Å². The summed E-state index contributed by atoms with van der Waals surface area (Å²) in [6.07, 6.45) is 1.99. The van der Waals surface area contributed by atoms with E-state index in [0.29, 0.717) is 13.2 Å². The Bertz CT molecular complexity index is 939. The molecule has 0 radical (unpaired) electrons. The van der Waals surface area contributed by atoms with Crippen LogP contribution in [-0.4, -0.2) is 10.9 Å². The van der Waals surface area contributed by atoms with Crippen LogP contribution >= 0.6 is 0 Å². The fourth-order valence-electron chi connectivity index (χ4n) is 3.18. The molecule has 0 aliphatic heterocycles. The van der Waals surface area contributed by atoms with Gasteiger partial charge in [0.1, 0.15) is 12.4 Å². The summed E-state index contributed by atoms with van der Waals surface area (Å²) >= 11 is 0. The van der Waals surface area contributed by atoms with Gasteiger partial charge in [0.2, 0.25) is 5.91 Å². The fourth-order valence-corrected chi connectivity index (χ4v) is 3.18. The minimum atomic E-state index is -0.141. The number of aromatic nitrogens is 1. The van der Waals surface area contributed by atoms with Crippen LogP contribution in [-0.2, 0) is 17.9 Å². The van der Waals surface area contributed by atoms with Gasteiger partial charge in [-0.05, 0) is 43.0 Å². The van der Waals surface area contributed by atoms with Crippen molar-refractivity contribution in [1.29, 1.82) is 0 Å². The number of rotatable bonds is 6.